The summed E-state index contributed by atoms with van der Waals surface area (Å²) in [6.07, 6.45) is 4.04. The van der Waals surface area contributed by atoms with Gasteiger partial charge in [-0.3, -0.25) is 0 Å². The van der Waals surface area contributed by atoms with E-state index in [4.69, 9.17) is 0 Å². The van der Waals surface area contributed by atoms with Crippen molar-refractivity contribution in [1.82, 2.24) is 19.3 Å². The molecule has 2 fully saturated rings. The molecule has 9 heteroatoms. The summed E-state index contributed by atoms with van der Waals surface area (Å²) < 4.78 is 54.8. The molecule has 4 rings (SSSR count). The van der Waals surface area contributed by atoms with Crippen molar-refractivity contribution in [2.24, 2.45) is 0 Å². The van der Waals surface area contributed by atoms with Gasteiger partial charge in [-0.05, 0) is 25.0 Å². The molecule has 2 aromatic rings. The lowest BCUT2D eigenvalue weighted by atomic mass is 10.2. The maximum atomic E-state index is 13.7. The van der Waals surface area contributed by atoms with E-state index in [0.717, 1.165) is 41.0 Å². The van der Waals surface area contributed by atoms with E-state index >= 15 is 0 Å². The minimum absolute atomic E-state index is 0.129. The van der Waals surface area contributed by atoms with Gasteiger partial charge in [0.2, 0.25) is 10.0 Å². The molecule has 0 bridgehead atoms. The summed E-state index contributed by atoms with van der Waals surface area (Å²) in [7, 11) is -4.18. The Kier molecular flexibility index (Phi) is 3.24. The number of hydrogen-bond donors (Lipinski definition) is 0. The van der Waals surface area contributed by atoms with Crippen molar-refractivity contribution in [2.75, 3.05) is 13.1 Å². The molecule has 1 aromatic heterocycles. The topological polar surface area (TPSA) is 68.1 Å². The van der Waals surface area contributed by atoms with Gasteiger partial charge >= 0.3 is 0 Å². The number of halogens is 2. The fourth-order valence-corrected chi connectivity index (χ4v) is 4.30. The Bertz CT molecular complexity index is 837. The molecule has 0 N–H and O–H groups in total. The van der Waals surface area contributed by atoms with Gasteiger partial charge in [0.15, 0.2) is 4.90 Å². The molecule has 0 atom stereocenters. The zero-order valence-corrected chi connectivity index (χ0v) is 12.9. The van der Waals surface area contributed by atoms with E-state index in [1.807, 2.05) is 6.20 Å². The average Bonchev–Trinajstić information content (AvgIpc) is 3.16. The van der Waals surface area contributed by atoms with Gasteiger partial charge in [0.25, 0.3) is 0 Å². The molecule has 1 aliphatic heterocycles. The molecule has 2 heterocycles. The van der Waals surface area contributed by atoms with Crippen LogP contribution < -0.4 is 0 Å². The lowest BCUT2D eigenvalue weighted by molar-refractivity contribution is 0.188. The molecule has 0 spiro atoms. The fraction of sp³-hybridized carbons (Fsp3) is 0.429. The zero-order chi connectivity index (χ0) is 16.2. The van der Waals surface area contributed by atoms with E-state index in [1.165, 1.54) is 0 Å². The Morgan fingerprint density at radius 3 is 2.39 bits per heavy atom. The third-order valence-corrected chi connectivity index (χ3v) is 6.13. The predicted molar refractivity (Wildman–Crippen MR) is 76.2 cm³/mol. The highest BCUT2D eigenvalue weighted by molar-refractivity contribution is 7.89. The molecular weight excluding hydrogens is 326 g/mol. The first kappa shape index (κ1) is 14.7. The molecule has 6 nitrogen and oxygen atoms in total. The maximum Gasteiger partial charge on any atom is 0.249 e. The first-order chi connectivity index (χ1) is 11.0. The summed E-state index contributed by atoms with van der Waals surface area (Å²) >= 11 is 0. The first-order valence-corrected chi connectivity index (χ1v) is 8.76. The molecule has 0 amide bonds. The molecule has 1 aliphatic carbocycles. The number of benzene rings is 1. The van der Waals surface area contributed by atoms with Gasteiger partial charge in [0.1, 0.15) is 11.6 Å². The highest BCUT2D eigenvalue weighted by atomic mass is 32.2. The molecule has 1 saturated carbocycles. The van der Waals surface area contributed by atoms with Crippen LogP contribution in [0.1, 0.15) is 30.5 Å². The van der Waals surface area contributed by atoms with E-state index < -0.39 is 26.6 Å². The van der Waals surface area contributed by atoms with Crippen LogP contribution in [0.5, 0.6) is 0 Å². The number of hydrogen-bond acceptors (Lipinski definition) is 4. The number of rotatable bonds is 4. The summed E-state index contributed by atoms with van der Waals surface area (Å²) in [6.45, 7) is 0.257. The molecule has 0 radical (unpaired) electrons. The normalized spacial score (nSPS) is 19.7. The summed E-state index contributed by atoms with van der Waals surface area (Å²) in [4.78, 5) is -0.893. The molecule has 122 valence electrons. The van der Waals surface area contributed by atoms with Gasteiger partial charge < -0.3 is 0 Å². The van der Waals surface area contributed by atoms with E-state index in [1.54, 1.807) is 4.68 Å². The van der Waals surface area contributed by atoms with Gasteiger partial charge in [-0.15, -0.1) is 5.10 Å². The third kappa shape index (κ3) is 2.43. The summed E-state index contributed by atoms with van der Waals surface area (Å²) in [5.41, 5.74) is 0.923. The first-order valence-electron chi connectivity index (χ1n) is 7.32. The van der Waals surface area contributed by atoms with E-state index in [2.05, 4.69) is 10.3 Å². The highest BCUT2D eigenvalue weighted by Crippen LogP contribution is 2.39. The second kappa shape index (κ2) is 5.07. The second-order valence-electron chi connectivity index (χ2n) is 5.92. The van der Waals surface area contributed by atoms with Gasteiger partial charge in [0.05, 0.1) is 11.7 Å². The van der Waals surface area contributed by atoms with Crippen LogP contribution in [0.15, 0.2) is 29.3 Å². The minimum Gasteiger partial charge on any atom is -0.247 e. The van der Waals surface area contributed by atoms with Crippen LogP contribution in [0.2, 0.25) is 0 Å². The van der Waals surface area contributed by atoms with Crippen LogP contribution in [0.3, 0.4) is 0 Å². The Balaban J connectivity index is 1.52. The average molecular weight is 340 g/mol. The largest absolute Gasteiger partial charge is 0.249 e. The molecule has 1 aromatic carbocycles. The monoisotopic (exact) mass is 340 g/mol. The number of sulfonamides is 1. The van der Waals surface area contributed by atoms with Gasteiger partial charge in [0, 0.05) is 25.2 Å². The van der Waals surface area contributed by atoms with Gasteiger partial charge in [-0.2, -0.15) is 4.31 Å². The molecule has 23 heavy (non-hydrogen) atoms. The van der Waals surface area contributed by atoms with Crippen molar-refractivity contribution >= 4 is 10.0 Å². The Labute approximate surface area is 131 Å². The molecule has 1 saturated heterocycles. The van der Waals surface area contributed by atoms with Gasteiger partial charge in [-0.25, -0.2) is 21.9 Å². The van der Waals surface area contributed by atoms with Crippen LogP contribution in [0.4, 0.5) is 8.78 Å². The van der Waals surface area contributed by atoms with Crippen molar-refractivity contribution in [3.05, 3.63) is 41.7 Å². The van der Waals surface area contributed by atoms with Crippen molar-refractivity contribution in [3.63, 3.8) is 0 Å². The van der Waals surface area contributed by atoms with Crippen molar-refractivity contribution in [1.29, 1.82) is 0 Å². The van der Waals surface area contributed by atoms with Crippen LogP contribution in [0.25, 0.3) is 0 Å². The van der Waals surface area contributed by atoms with Crippen molar-refractivity contribution in [3.8, 4) is 0 Å². The lowest BCUT2D eigenvalue weighted by Gasteiger charge is -2.37. The summed E-state index contributed by atoms with van der Waals surface area (Å²) in [6, 6.07) is 2.86. The maximum absolute atomic E-state index is 13.7. The van der Waals surface area contributed by atoms with E-state index in [-0.39, 0.29) is 19.1 Å². The summed E-state index contributed by atoms with van der Waals surface area (Å²) in [5, 5.41) is 8.10. The molecule has 2 aliphatic rings. The van der Waals surface area contributed by atoms with Crippen molar-refractivity contribution < 1.29 is 17.2 Å². The van der Waals surface area contributed by atoms with E-state index in [0.29, 0.717) is 5.92 Å². The molecular formula is C14H14F2N4O2S. The van der Waals surface area contributed by atoms with Gasteiger partial charge in [-0.1, -0.05) is 11.3 Å². The standard InChI is InChI=1S/C14H14F2N4O2S/c15-11-2-1-3-12(16)14(11)23(21,22)19-6-10(7-19)20-8-13(17-18-20)9-4-5-9/h1-3,8-10H,4-7H2. The predicted octanol–water partition coefficient (Wildman–Crippen LogP) is 1.68. The second-order valence-corrected chi connectivity index (χ2v) is 7.80. The lowest BCUT2D eigenvalue weighted by Crippen LogP contribution is -2.51. The van der Waals surface area contributed by atoms with Crippen LogP contribution >= 0.6 is 0 Å². The Morgan fingerprint density at radius 1 is 1.13 bits per heavy atom. The SMILES string of the molecule is O=S(=O)(c1c(F)cccc1F)N1CC(n2cc(C3CC3)nn2)C1. The Hall–Kier alpha value is -1.87. The highest BCUT2D eigenvalue weighted by Gasteiger charge is 2.41. The van der Waals surface area contributed by atoms with Crippen LogP contribution in [0, 0.1) is 11.6 Å². The fourth-order valence-electron chi connectivity index (χ4n) is 2.67. The minimum atomic E-state index is -4.18. The van der Waals surface area contributed by atoms with Crippen LogP contribution in [-0.2, 0) is 10.0 Å². The quantitative estimate of drug-likeness (QED) is 0.849. The van der Waals surface area contributed by atoms with Crippen LogP contribution in [-0.4, -0.2) is 40.8 Å². The smallest absolute Gasteiger partial charge is 0.247 e. The Morgan fingerprint density at radius 2 is 1.78 bits per heavy atom. The number of nitrogens with zero attached hydrogens (tertiary/aromatic N) is 4. The summed E-state index contributed by atoms with van der Waals surface area (Å²) in [5.74, 6) is -1.69. The van der Waals surface area contributed by atoms with E-state index in [9.17, 15) is 17.2 Å². The zero-order valence-electron chi connectivity index (χ0n) is 12.1. The third-order valence-electron chi connectivity index (χ3n) is 4.24. The number of aromatic nitrogens is 3. The van der Waals surface area contributed by atoms with Crippen molar-refractivity contribution in [2.45, 2.75) is 29.7 Å². The molecule has 0 unspecified atom stereocenters.